The third-order valence-corrected chi connectivity index (χ3v) is 5.41. The summed E-state index contributed by atoms with van der Waals surface area (Å²) in [5.74, 6) is 0.954. The van der Waals surface area contributed by atoms with Crippen molar-refractivity contribution in [1.82, 2.24) is 10.6 Å². The van der Waals surface area contributed by atoms with E-state index in [0.29, 0.717) is 0 Å². The maximum atomic E-state index is 12.0. The number of rotatable bonds is 4. The smallest absolute Gasteiger partial charge is 0.315 e. The summed E-state index contributed by atoms with van der Waals surface area (Å²) in [6, 6.07) is -0.194. The molecule has 112 valence electrons. The van der Waals surface area contributed by atoms with Crippen molar-refractivity contribution in [2.75, 3.05) is 6.54 Å². The van der Waals surface area contributed by atoms with Gasteiger partial charge in [0.15, 0.2) is 0 Å². The Morgan fingerprint density at radius 2 is 1.65 bits per heavy atom. The molecule has 4 fully saturated rings. The Morgan fingerprint density at radius 1 is 1.15 bits per heavy atom. The highest BCUT2D eigenvalue weighted by molar-refractivity contribution is 5.76. The molecule has 0 aromatic rings. The van der Waals surface area contributed by atoms with Crippen molar-refractivity contribution in [1.29, 1.82) is 0 Å². The topological polar surface area (TPSA) is 78.4 Å². The van der Waals surface area contributed by atoms with Gasteiger partial charge < -0.3 is 15.7 Å². The van der Waals surface area contributed by atoms with Gasteiger partial charge >= 0.3 is 12.0 Å². The summed E-state index contributed by atoms with van der Waals surface area (Å²) in [6.07, 6.45) is 7.37. The minimum absolute atomic E-state index is 0.00864. The number of hydrogen-bond acceptors (Lipinski definition) is 2. The van der Waals surface area contributed by atoms with Gasteiger partial charge in [-0.2, -0.15) is 0 Å². The molecule has 0 radical (unpaired) electrons. The predicted octanol–water partition coefficient (Wildman–Crippen LogP) is 1.98. The van der Waals surface area contributed by atoms with E-state index >= 15 is 0 Å². The molecule has 2 amide bonds. The maximum absolute atomic E-state index is 12.0. The molecule has 5 heteroatoms. The Morgan fingerprint density at radius 3 is 2.10 bits per heavy atom. The second kappa shape index (κ2) is 4.93. The van der Waals surface area contributed by atoms with Crippen molar-refractivity contribution in [2.24, 2.45) is 23.7 Å². The fraction of sp³-hybridized carbons (Fsp3) is 0.867. The molecular formula is C15H24N2O3. The lowest BCUT2D eigenvalue weighted by Crippen LogP contribution is -2.61. The van der Waals surface area contributed by atoms with Crippen LogP contribution < -0.4 is 10.6 Å². The Labute approximate surface area is 119 Å². The molecule has 0 saturated heterocycles. The molecule has 0 aliphatic heterocycles. The zero-order chi connectivity index (χ0) is 14.3. The fourth-order valence-corrected chi connectivity index (χ4v) is 4.88. The molecule has 0 spiro atoms. The van der Waals surface area contributed by atoms with E-state index in [1.807, 2.05) is 0 Å². The van der Waals surface area contributed by atoms with Crippen molar-refractivity contribution in [2.45, 2.75) is 51.0 Å². The summed E-state index contributed by atoms with van der Waals surface area (Å²) >= 11 is 0. The standard InChI is InChI=1S/C15H24N2O3/c1-9(13(18)19)8-16-14(20)17-15-5-10-2-11(6-15)4-12(3-10)7-15/h9-12H,2-8H2,1H3,(H,18,19)(H2,16,17,20). The van der Waals surface area contributed by atoms with Crippen LogP contribution in [0, 0.1) is 23.7 Å². The second-order valence-corrected chi connectivity index (χ2v) is 7.27. The van der Waals surface area contributed by atoms with Crippen LogP contribution in [0.3, 0.4) is 0 Å². The number of carbonyl (C=O) groups excluding carboxylic acids is 1. The van der Waals surface area contributed by atoms with E-state index in [1.165, 1.54) is 19.3 Å². The van der Waals surface area contributed by atoms with Gasteiger partial charge in [0, 0.05) is 12.1 Å². The van der Waals surface area contributed by atoms with E-state index in [1.54, 1.807) is 6.92 Å². The number of carboxylic acid groups (broad SMARTS) is 1. The van der Waals surface area contributed by atoms with Crippen LogP contribution >= 0.6 is 0 Å². The van der Waals surface area contributed by atoms with E-state index in [-0.39, 0.29) is 18.1 Å². The number of carbonyl (C=O) groups is 2. The lowest BCUT2D eigenvalue weighted by atomic mass is 9.53. The first kappa shape index (κ1) is 13.7. The van der Waals surface area contributed by atoms with Crippen molar-refractivity contribution < 1.29 is 14.7 Å². The first-order valence-corrected chi connectivity index (χ1v) is 7.74. The van der Waals surface area contributed by atoms with Gasteiger partial charge in [0.1, 0.15) is 0 Å². The highest BCUT2D eigenvalue weighted by Gasteiger charge is 2.51. The average Bonchev–Trinajstić information content (AvgIpc) is 2.33. The SMILES string of the molecule is CC(CNC(=O)NC12CC3CC(CC(C3)C1)C2)C(=O)O. The predicted molar refractivity (Wildman–Crippen MR) is 74.2 cm³/mol. The van der Waals surface area contributed by atoms with Gasteiger partial charge in [-0.05, 0) is 56.3 Å². The van der Waals surface area contributed by atoms with Crippen LogP contribution in [0.5, 0.6) is 0 Å². The molecule has 20 heavy (non-hydrogen) atoms. The highest BCUT2D eigenvalue weighted by Crippen LogP contribution is 2.55. The second-order valence-electron chi connectivity index (χ2n) is 7.27. The maximum Gasteiger partial charge on any atom is 0.315 e. The molecule has 0 aromatic heterocycles. The number of amides is 2. The summed E-state index contributed by atoms with van der Waals surface area (Å²) in [7, 11) is 0. The molecule has 3 N–H and O–H groups in total. The van der Waals surface area contributed by atoms with Crippen molar-refractivity contribution >= 4 is 12.0 Å². The Hall–Kier alpha value is -1.26. The van der Waals surface area contributed by atoms with Crippen molar-refractivity contribution in [3.8, 4) is 0 Å². The van der Waals surface area contributed by atoms with Gasteiger partial charge in [0.2, 0.25) is 0 Å². The molecule has 1 atom stereocenters. The van der Waals surface area contributed by atoms with E-state index in [9.17, 15) is 9.59 Å². The van der Waals surface area contributed by atoms with Crippen LogP contribution in [0.25, 0.3) is 0 Å². The Balaban J connectivity index is 1.55. The summed E-state index contributed by atoms with van der Waals surface area (Å²) < 4.78 is 0. The van der Waals surface area contributed by atoms with Gasteiger partial charge in [-0.3, -0.25) is 4.79 Å². The number of nitrogens with one attached hydrogen (secondary N) is 2. The summed E-state index contributed by atoms with van der Waals surface area (Å²) in [4.78, 5) is 22.8. The van der Waals surface area contributed by atoms with Gasteiger partial charge in [0.25, 0.3) is 0 Å². The first-order valence-electron chi connectivity index (χ1n) is 7.74. The number of hydrogen-bond donors (Lipinski definition) is 3. The fourth-order valence-electron chi connectivity index (χ4n) is 4.88. The molecule has 0 heterocycles. The van der Waals surface area contributed by atoms with Gasteiger partial charge in [-0.1, -0.05) is 6.92 Å². The first-order chi connectivity index (χ1) is 9.46. The quantitative estimate of drug-likeness (QED) is 0.736. The van der Waals surface area contributed by atoms with E-state index < -0.39 is 11.9 Å². The molecule has 4 rings (SSSR count). The lowest BCUT2D eigenvalue weighted by Gasteiger charge is -2.56. The summed E-state index contributed by atoms with van der Waals surface area (Å²) in [5, 5.41) is 14.7. The van der Waals surface area contributed by atoms with Crippen LogP contribution in [0.4, 0.5) is 4.79 Å². The number of carboxylic acids is 1. The molecule has 4 aliphatic rings. The van der Waals surface area contributed by atoms with Crippen LogP contribution in [-0.4, -0.2) is 29.2 Å². The molecule has 4 bridgehead atoms. The van der Waals surface area contributed by atoms with Crippen LogP contribution in [0.1, 0.15) is 45.4 Å². The number of urea groups is 1. The minimum Gasteiger partial charge on any atom is -0.481 e. The average molecular weight is 280 g/mol. The van der Waals surface area contributed by atoms with Crippen LogP contribution in [-0.2, 0) is 4.79 Å². The molecule has 5 nitrogen and oxygen atoms in total. The highest BCUT2D eigenvalue weighted by atomic mass is 16.4. The van der Waals surface area contributed by atoms with Gasteiger partial charge in [0.05, 0.1) is 5.92 Å². The van der Waals surface area contributed by atoms with Gasteiger partial charge in [-0.15, -0.1) is 0 Å². The zero-order valence-corrected chi connectivity index (χ0v) is 12.0. The monoisotopic (exact) mass is 280 g/mol. The van der Waals surface area contributed by atoms with Gasteiger partial charge in [-0.25, -0.2) is 4.79 Å². The summed E-state index contributed by atoms with van der Waals surface area (Å²) in [5.41, 5.74) is -0.00864. The Kier molecular flexibility index (Phi) is 3.38. The molecule has 4 saturated carbocycles. The molecule has 4 aliphatic carbocycles. The summed E-state index contributed by atoms with van der Waals surface area (Å²) in [6.45, 7) is 1.79. The third-order valence-electron chi connectivity index (χ3n) is 5.41. The molecule has 0 aromatic carbocycles. The number of aliphatic carboxylic acids is 1. The zero-order valence-electron chi connectivity index (χ0n) is 12.0. The molecular weight excluding hydrogens is 256 g/mol. The molecule has 1 unspecified atom stereocenters. The van der Waals surface area contributed by atoms with Crippen LogP contribution in [0.2, 0.25) is 0 Å². The van der Waals surface area contributed by atoms with Crippen LogP contribution in [0.15, 0.2) is 0 Å². The van der Waals surface area contributed by atoms with E-state index in [2.05, 4.69) is 10.6 Å². The largest absolute Gasteiger partial charge is 0.481 e. The van der Waals surface area contributed by atoms with E-state index in [0.717, 1.165) is 37.0 Å². The van der Waals surface area contributed by atoms with E-state index in [4.69, 9.17) is 5.11 Å². The lowest BCUT2D eigenvalue weighted by molar-refractivity contribution is -0.140. The van der Waals surface area contributed by atoms with Crippen molar-refractivity contribution in [3.05, 3.63) is 0 Å². The van der Waals surface area contributed by atoms with Crippen molar-refractivity contribution in [3.63, 3.8) is 0 Å². The third kappa shape index (κ3) is 2.63. The minimum atomic E-state index is -0.875. The Bertz CT molecular complexity index is 386. The normalized spacial score (nSPS) is 39.4.